The van der Waals surface area contributed by atoms with Crippen LogP contribution in [0.2, 0.25) is 5.02 Å². The Labute approximate surface area is 139 Å². The Morgan fingerprint density at radius 3 is 2.86 bits per heavy atom. The first kappa shape index (κ1) is 15.4. The van der Waals surface area contributed by atoms with E-state index >= 15 is 0 Å². The minimum Gasteiger partial charge on any atom is -0.332 e. The van der Waals surface area contributed by atoms with Gasteiger partial charge in [-0.1, -0.05) is 23.7 Å². The monoisotopic (exact) mass is 335 g/mol. The third kappa shape index (κ3) is 3.15. The van der Waals surface area contributed by atoms with Gasteiger partial charge >= 0.3 is 0 Å². The topological polar surface area (TPSA) is 38.1 Å². The van der Waals surface area contributed by atoms with E-state index in [9.17, 15) is 4.79 Å². The van der Waals surface area contributed by atoms with Crippen molar-refractivity contribution < 1.29 is 4.79 Å². The third-order valence-electron chi connectivity index (χ3n) is 4.00. The summed E-state index contributed by atoms with van der Waals surface area (Å²) in [5.74, 6) is 2.04. The largest absolute Gasteiger partial charge is 0.332 e. The molecular weight excluding hydrogens is 318 g/mol. The van der Waals surface area contributed by atoms with Crippen molar-refractivity contribution in [2.24, 2.45) is 0 Å². The standard InChI is InChI=1S/C16H18ClN3OS/c1-12(19-7-6-18-11-19)16(21)20-8-9-22-10-15(20)13-2-4-14(17)5-3-13/h2-7,11-12,15H,8-10H2,1H3/t12-,15-/m1/s1. The summed E-state index contributed by atoms with van der Waals surface area (Å²) in [6.07, 6.45) is 5.23. The Bertz CT molecular complexity index is 629. The van der Waals surface area contributed by atoms with Gasteiger partial charge in [0.05, 0.1) is 12.4 Å². The van der Waals surface area contributed by atoms with E-state index < -0.39 is 0 Å². The zero-order chi connectivity index (χ0) is 15.5. The molecule has 3 rings (SSSR count). The summed E-state index contributed by atoms with van der Waals surface area (Å²) in [4.78, 5) is 18.9. The number of benzene rings is 1. The first-order chi connectivity index (χ1) is 10.7. The van der Waals surface area contributed by atoms with Gasteiger partial charge in [0.25, 0.3) is 0 Å². The number of imidazole rings is 1. The fraction of sp³-hybridized carbons (Fsp3) is 0.375. The number of hydrogen-bond donors (Lipinski definition) is 0. The van der Waals surface area contributed by atoms with Gasteiger partial charge in [-0.15, -0.1) is 0 Å². The quantitative estimate of drug-likeness (QED) is 0.862. The molecule has 22 heavy (non-hydrogen) atoms. The van der Waals surface area contributed by atoms with Crippen LogP contribution in [0.5, 0.6) is 0 Å². The molecule has 0 N–H and O–H groups in total. The Hall–Kier alpha value is -1.46. The lowest BCUT2D eigenvalue weighted by atomic mass is 10.1. The van der Waals surface area contributed by atoms with Crippen LogP contribution in [0.25, 0.3) is 0 Å². The average Bonchev–Trinajstić information content (AvgIpc) is 3.09. The van der Waals surface area contributed by atoms with Crippen LogP contribution < -0.4 is 0 Å². The van der Waals surface area contributed by atoms with Gasteiger partial charge in [0.1, 0.15) is 6.04 Å². The van der Waals surface area contributed by atoms with Crippen LogP contribution in [0.1, 0.15) is 24.6 Å². The number of aromatic nitrogens is 2. The van der Waals surface area contributed by atoms with Crippen LogP contribution in [-0.4, -0.2) is 38.4 Å². The number of thioether (sulfide) groups is 1. The lowest BCUT2D eigenvalue weighted by Gasteiger charge is -2.37. The van der Waals surface area contributed by atoms with E-state index in [0.29, 0.717) is 0 Å². The van der Waals surface area contributed by atoms with E-state index in [2.05, 4.69) is 4.98 Å². The number of carbonyl (C=O) groups is 1. The van der Waals surface area contributed by atoms with E-state index in [0.717, 1.165) is 28.6 Å². The van der Waals surface area contributed by atoms with Gasteiger partial charge in [-0.2, -0.15) is 11.8 Å². The fourth-order valence-electron chi connectivity index (χ4n) is 2.69. The highest BCUT2D eigenvalue weighted by Gasteiger charge is 2.31. The van der Waals surface area contributed by atoms with Crippen molar-refractivity contribution in [2.75, 3.05) is 18.1 Å². The van der Waals surface area contributed by atoms with Gasteiger partial charge < -0.3 is 9.47 Å². The third-order valence-corrected chi connectivity index (χ3v) is 5.27. The molecule has 0 spiro atoms. The molecule has 0 aliphatic carbocycles. The first-order valence-corrected chi connectivity index (χ1v) is 8.81. The van der Waals surface area contributed by atoms with Crippen molar-refractivity contribution in [3.63, 3.8) is 0 Å². The van der Waals surface area contributed by atoms with Crippen molar-refractivity contribution in [3.05, 3.63) is 53.6 Å². The van der Waals surface area contributed by atoms with E-state index in [1.54, 1.807) is 12.5 Å². The number of rotatable bonds is 3. The summed E-state index contributed by atoms with van der Waals surface area (Å²) < 4.78 is 1.85. The Morgan fingerprint density at radius 1 is 1.41 bits per heavy atom. The predicted molar refractivity (Wildman–Crippen MR) is 90.2 cm³/mol. The molecule has 1 saturated heterocycles. The normalized spacial score (nSPS) is 19.9. The number of carbonyl (C=O) groups excluding carboxylic acids is 1. The highest BCUT2D eigenvalue weighted by molar-refractivity contribution is 7.99. The molecule has 1 aromatic heterocycles. The average molecular weight is 336 g/mol. The Morgan fingerprint density at radius 2 is 2.18 bits per heavy atom. The van der Waals surface area contributed by atoms with Crippen LogP contribution in [0, 0.1) is 0 Å². The number of halogens is 1. The molecule has 2 aromatic rings. The maximum absolute atomic E-state index is 12.9. The van der Waals surface area contributed by atoms with E-state index in [1.807, 2.05) is 58.6 Å². The lowest BCUT2D eigenvalue weighted by molar-refractivity contribution is -0.136. The first-order valence-electron chi connectivity index (χ1n) is 7.28. The number of amides is 1. The SMILES string of the molecule is C[C@H](C(=O)N1CCSC[C@@H]1c1ccc(Cl)cc1)n1ccnc1. The second-order valence-electron chi connectivity index (χ2n) is 5.36. The zero-order valence-corrected chi connectivity index (χ0v) is 13.9. The summed E-state index contributed by atoms with van der Waals surface area (Å²) in [5.41, 5.74) is 1.14. The summed E-state index contributed by atoms with van der Waals surface area (Å²) in [6.45, 7) is 2.69. The molecule has 6 heteroatoms. The molecule has 1 aliphatic heterocycles. The van der Waals surface area contributed by atoms with Gasteiger partial charge in [0.2, 0.25) is 5.91 Å². The second kappa shape index (κ2) is 6.75. The lowest BCUT2D eigenvalue weighted by Crippen LogP contribution is -2.43. The molecule has 1 aromatic carbocycles. The van der Waals surface area contributed by atoms with Crippen LogP contribution in [0.3, 0.4) is 0 Å². The minimum atomic E-state index is -0.236. The van der Waals surface area contributed by atoms with Gasteiger partial charge in [-0.25, -0.2) is 4.98 Å². The molecule has 0 unspecified atom stereocenters. The molecule has 0 saturated carbocycles. The summed E-state index contributed by atoms with van der Waals surface area (Å²) in [7, 11) is 0. The number of nitrogens with zero attached hydrogens (tertiary/aromatic N) is 3. The van der Waals surface area contributed by atoms with E-state index in [1.165, 1.54) is 0 Å². The van der Waals surface area contributed by atoms with E-state index in [-0.39, 0.29) is 18.0 Å². The van der Waals surface area contributed by atoms with Crippen molar-refractivity contribution >= 4 is 29.3 Å². The Kier molecular flexibility index (Phi) is 4.74. The highest BCUT2D eigenvalue weighted by Crippen LogP contribution is 2.32. The second-order valence-corrected chi connectivity index (χ2v) is 6.95. The summed E-state index contributed by atoms with van der Waals surface area (Å²) >= 11 is 7.86. The highest BCUT2D eigenvalue weighted by atomic mass is 35.5. The van der Waals surface area contributed by atoms with Crippen LogP contribution in [0.4, 0.5) is 0 Å². The van der Waals surface area contributed by atoms with Crippen molar-refractivity contribution in [2.45, 2.75) is 19.0 Å². The van der Waals surface area contributed by atoms with Gasteiger partial charge in [-0.05, 0) is 24.6 Å². The molecule has 1 fully saturated rings. The van der Waals surface area contributed by atoms with Crippen LogP contribution in [-0.2, 0) is 4.79 Å². The van der Waals surface area contributed by atoms with Gasteiger partial charge in [-0.3, -0.25) is 4.79 Å². The Balaban J connectivity index is 1.83. The number of hydrogen-bond acceptors (Lipinski definition) is 3. The van der Waals surface area contributed by atoms with Crippen LogP contribution in [0.15, 0.2) is 43.0 Å². The molecular formula is C16H18ClN3OS. The summed E-state index contributed by atoms with van der Waals surface area (Å²) in [6, 6.07) is 7.67. The molecule has 2 heterocycles. The van der Waals surface area contributed by atoms with Gasteiger partial charge in [0, 0.05) is 35.5 Å². The van der Waals surface area contributed by atoms with E-state index in [4.69, 9.17) is 11.6 Å². The van der Waals surface area contributed by atoms with Crippen molar-refractivity contribution in [3.8, 4) is 0 Å². The zero-order valence-electron chi connectivity index (χ0n) is 12.4. The molecule has 4 nitrogen and oxygen atoms in total. The maximum atomic E-state index is 12.9. The molecule has 1 aliphatic rings. The summed E-state index contributed by atoms with van der Waals surface area (Å²) in [5, 5.41) is 0.719. The maximum Gasteiger partial charge on any atom is 0.245 e. The van der Waals surface area contributed by atoms with Crippen molar-refractivity contribution in [1.82, 2.24) is 14.5 Å². The minimum absolute atomic E-state index is 0.106. The van der Waals surface area contributed by atoms with Gasteiger partial charge in [0.15, 0.2) is 0 Å². The molecule has 0 radical (unpaired) electrons. The molecule has 1 amide bonds. The predicted octanol–water partition coefficient (Wildman–Crippen LogP) is 3.41. The molecule has 116 valence electrons. The molecule has 2 atom stereocenters. The fourth-order valence-corrected chi connectivity index (χ4v) is 3.91. The molecule has 0 bridgehead atoms. The smallest absolute Gasteiger partial charge is 0.245 e. The van der Waals surface area contributed by atoms with Crippen molar-refractivity contribution in [1.29, 1.82) is 0 Å². The van der Waals surface area contributed by atoms with Crippen LogP contribution >= 0.6 is 23.4 Å².